The molecule has 2 aliphatic heterocycles. The third kappa shape index (κ3) is 11.7. The summed E-state index contributed by atoms with van der Waals surface area (Å²) in [6.07, 6.45) is 7.84. The Bertz CT molecular complexity index is 2610. The Morgan fingerprint density at radius 2 is 1.18 bits per heavy atom. The molecule has 0 bridgehead atoms. The van der Waals surface area contributed by atoms with Gasteiger partial charge in [0.05, 0.1) is 43.9 Å². The van der Waals surface area contributed by atoms with Gasteiger partial charge >= 0.3 is 29.6 Å². The number of methoxy groups -OCH3 is 2. The molecule has 2 saturated carbocycles. The van der Waals surface area contributed by atoms with E-state index in [1.807, 2.05) is 25.1 Å². The minimum atomic E-state index is -0.685. The predicted octanol–water partition coefficient (Wildman–Crippen LogP) is 6.33. The molecule has 0 amide bonds. The van der Waals surface area contributed by atoms with Crippen molar-refractivity contribution in [1.29, 1.82) is 0 Å². The average Bonchev–Trinajstić information content (AvgIpc) is 4.04. The van der Waals surface area contributed by atoms with Crippen molar-refractivity contribution in [3.05, 3.63) is 95.7 Å². The summed E-state index contributed by atoms with van der Waals surface area (Å²) in [6.45, 7) is 8.09. The van der Waals surface area contributed by atoms with Gasteiger partial charge in [-0.3, -0.25) is 0 Å². The van der Waals surface area contributed by atoms with Crippen molar-refractivity contribution in [2.75, 3.05) is 73.4 Å². The fourth-order valence-corrected chi connectivity index (χ4v) is 10.2. The van der Waals surface area contributed by atoms with Gasteiger partial charge in [-0.1, -0.05) is 17.7 Å². The number of hydrogen-bond donors (Lipinski definition) is 2. The summed E-state index contributed by atoms with van der Waals surface area (Å²) in [5.41, 5.74) is 7.74. The molecule has 4 unspecified atom stereocenters. The number of nitrogen functional groups attached to an aromatic ring is 1. The topological polar surface area (TPSA) is 150 Å². The normalized spacial score (nSPS) is 22.1. The molecule has 2 aromatic heterocycles. The van der Waals surface area contributed by atoms with Gasteiger partial charge in [-0.25, -0.2) is 28.7 Å². The van der Waals surface area contributed by atoms with Crippen molar-refractivity contribution in [2.45, 2.75) is 32.6 Å². The number of ether oxygens (including phenoxy) is 5. The van der Waals surface area contributed by atoms with E-state index in [1.165, 1.54) is 82.7 Å². The molecule has 4 aliphatic rings. The molecule has 10 rings (SSSR count). The molecule has 346 valence electrons. The van der Waals surface area contributed by atoms with E-state index in [0.717, 1.165) is 58.6 Å². The van der Waals surface area contributed by atoms with Crippen molar-refractivity contribution in [3.8, 4) is 40.4 Å². The molecule has 4 aromatic carbocycles. The second-order valence-corrected chi connectivity index (χ2v) is 18.3. The molecule has 4 heterocycles. The monoisotopic (exact) mass is 935 g/mol. The minimum Gasteiger partial charge on any atom is -1.00 e. The number of aromatic nitrogens is 4. The van der Waals surface area contributed by atoms with Gasteiger partial charge in [-0.15, -0.1) is 0 Å². The summed E-state index contributed by atoms with van der Waals surface area (Å²) >= 11 is 6.13. The van der Waals surface area contributed by atoms with Gasteiger partial charge in [0, 0.05) is 55.5 Å². The standard InChI is InChI=1S/C25H28FN3O3.C18H22ClN3O2.C6H6FNO.Na.H/c1-15-4-5-22(20(26)6-15)32-25-19-9-23(30-3)24(10-21(19)27-14-28-25)31-13-16-7-17-11-29(2)12-18(17)8-16;1-22-7-12-3-11(4-13(12)8-22)9-24-17-6-15-14(5-16(17)23-2)18(19)21-10-20-15;7-5-3-4(8)1-2-6(5)9;;/h4-6,9-10,14,16-18H,7-8,11-13H2,1-3H3;5-6,10-13H,3-4,7-9H2,1-2H3;1-3,9H,8H2;;/q;;;+1;-1. The fourth-order valence-electron chi connectivity index (χ4n) is 10.0. The van der Waals surface area contributed by atoms with Crippen molar-refractivity contribution in [3.63, 3.8) is 0 Å². The predicted molar refractivity (Wildman–Crippen MR) is 247 cm³/mol. The Hall–Kier alpha value is -4.77. The molecule has 2 saturated heterocycles. The Kier molecular flexibility index (Phi) is 16.3. The maximum atomic E-state index is 14.3. The van der Waals surface area contributed by atoms with E-state index < -0.39 is 11.6 Å². The molecule has 4 fully saturated rings. The maximum absolute atomic E-state index is 14.3. The van der Waals surface area contributed by atoms with Crippen LogP contribution < -0.4 is 59.0 Å². The summed E-state index contributed by atoms with van der Waals surface area (Å²) < 4.78 is 55.7. The molecule has 13 nitrogen and oxygen atoms in total. The number of phenols is 1. The third-order valence-electron chi connectivity index (χ3n) is 13.0. The SMILES string of the molecule is COc1cc2c(Cl)ncnc2cc1OCC1CC2CN(C)CC2C1.COc1cc2c(Oc3ccc(C)cc3F)ncnc2cc1OCC1CC2CN(C)CC2C1.Nc1ccc(O)c(F)c1.[H-].[Na+]. The van der Waals surface area contributed by atoms with Gasteiger partial charge in [-0.2, -0.15) is 0 Å². The smallest absolute Gasteiger partial charge is 1.00 e. The quantitative estimate of drug-likeness (QED) is 0.0683. The zero-order chi connectivity index (χ0) is 45.8. The van der Waals surface area contributed by atoms with Gasteiger partial charge in [0.15, 0.2) is 46.1 Å². The van der Waals surface area contributed by atoms with Crippen LogP contribution in [0.2, 0.25) is 5.15 Å². The van der Waals surface area contributed by atoms with Crippen molar-refractivity contribution < 1.29 is 68.6 Å². The first kappa shape index (κ1) is 49.1. The summed E-state index contributed by atoms with van der Waals surface area (Å²) in [7, 11) is 7.67. The number of halogens is 3. The number of aryl methyl sites for hydroxylation is 1. The molecular formula is C49H57ClF2N7NaO6. The molecule has 4 atom stereocenters. The molecule has 0 spiro atoms. The van der Waals surface area contributed by atoms with E-state index in [9.17, 15) is 8.78 Å². The number of aromatic hydroxyl groups is 1. The number of hydrogen-bond acceptors (Lipinski definition) is 13. The van der Waals surface area contributed by atoms with E-state index in [0.29, 0.717) is 57.4 Å². The first-order chi connectivity index (χ1) is 31.3. The van der Waals surface area contributed by atoms with Crippen LogP contribution in [-0.4, -0.2) is 103 Å². The van der Waals surface area contributed by atoms with Crippen LogP contribution in [0.25, 0.3) is 21.8 Å². The molecule has 0 radical (unpaired) electrons. The number of fused-ring (bicyclic) bond motifs is 4. The van der Waals surface area contributed by atoms with Crippen LogP contribution in [0.4, 0.5) is 14.5 Å². The van der Waals surface area contributed by atoms with Gasteiger partial charge in [-0.05, 0) is 124 Å². The number of likely N-dealkylation sites (tertiary alicyclic amines) is 2. The van der Waals surface area contributed by atoms with Crippen molar-refractivity contribution in [1.82, 2.24) is 29.7 Å². The van der Waals surface area contributed by atoms with E-state index in [-0.39, 0.29) is 48.4 Å². The second-order valence-electron chi connectivity index (χ2n) is 17.9. The first-order valence-electron chi connectivity index (χ1n) is 22.0. The number of nitrogens with zero attached hydrogens (tertiary/aromatic N) is 6. The molecule has 17 heteroatoms. The summed E-state index contributed by atoms with van der Waals surface area (Å²) in [6, 6.07) is 15.9. The van der Waals surface area contributed by atoms with Gasteiger partial charge in [0.25, 0.3) is 0 Å². The average molecular weight is 936 g/mol. The Labute approximate surface area is 412 Å². The van der Waals surface area contributed by atoms with Crippen LogP contribution in [-0.2, 0) is 0 Å². The second kappa shape index (κ2) is 21.9. The summed E-state index contributed by atoms with van der Waals surface area (Å²) in [4.78, 5) is 21.8. The fraction of sp³-hybridized carbons (Fsp3) is 0.429. The molecule has 3 N–H and O–H groups in total. The van der Waals surface area contributed by atoms with Crippen LogP contribution in [0.15, 0.2) is 73.3 Å². The number of nitrogens with two attached hydrogens (primary N) is 1. The van der Waals surface area contributed by atoms with Crippen molar-refractivity contribution >= 4 is 39.1 Å². The number of benzene rings is 4. The van der Waals surface area contributed by atoms with Gasteiger partial charge in [0.2, 0.25) is 5.88 Å². The van der Waals surface area contributed by atoms with Gasteiger partial charge in [0.1, 0.15) is 17.8 Å². The molecular weight excluding hydrogens is 879 g/mol. The van der Waals surface area contributed by atoms with E-state index >= 15 is 0 Å². The summed E-state index contributed by atoms with van der Waals surface area (Å²) in [5.74, 6) is 6.01. The number of phenolic OH excluding ortho intramolecular Hbond substituents is 1. The Morgan fingerprint density at radius 1 is 0.667 bits per heavy atom. The van der Waals surface area contributed by atoms with Crippen LogP contribution >= 0.6 is 11.6 Å². The van der Waals surface area contributed by atoms with Crippen molar-refractivity contribution in [2.24, 2.45) is 35.5 Å². The van der Waals surface area contributed by atoms with E-state index in [2.05, 4.69) is 43.8 Å². The Balaban J connectivity index is 0.000000186. The molecule has 2 aliphatic carbocycles. The zero-order valence-electron chi connectivity index (χ0n) is 39.3. The first-order valence-corrected chi connectivity index (χ1v) is 22.3. The largest absolute Gasteiger partial charge is 1.00 e. The van der Waals surface area contributed by atoms with E-state index in [1.54, 1.807) is 32.4 Å². The maximum Gasteiger partial charge on any atom is 1.00 e. The van der Waals surface area contributed by atoms with Crippen LogP contribution in [0.3, 0.4) is 0 Å². The Morgan fingerprint density at radius 3 is 1.68 bits per heavy atom. The molecule has 66 heavy (non-hydrogen) atoms. The number of anilines is 1. The van der Waals surface area contributed by atoms with Gasteiger partial charge < -0.3 is 45.8 Å². The minimum absolute atomic E-state index is 0. The summed E-state index contributed by atoms with van der Waals surface area (Å²) in [5, 5.41) is 10.5. The third-order valence-corrected chi connectivity index (χ3v) is 13.3. The zero-order valence-corrected chi connectivity index (χ0v) is 41.1. The molecule has 6 aromatic rings. The number of rotatable bonds is 10. The van der Waals surface area contributed by atoms with Crippen LogP contribution in [0.1, 0.15) is 32.7 Å². The van der Waals surface area contributed by atoms with Crippen LogP contribution in [0.5, 0.6) is 40.4 Å². The van der Waals surface area contributed by atoms with E-state index in [4.69, 9.17) is 46.1 Å². The van der Waals surface area contributed by atoms with Crippen LogP contribution in [0, 0.1) is 54.1 Å².